The second-order valence-electron chi connectivity index (χ2n) is 5.65. The maximum absolute atomic E-state index is 12.1. The second-order valence-corrected chi connectivity index (χ2v) is 6.06. The van der Waals surface area contributed by atoms with Gasteiger partial charge in [-0.25, -0.2) is 4.79 Å². The Bertz CT molecular complexity index is 909. The van der Waals surface area contributed by atoms with Crippen molar-refractivity contribution in [2.75, 3.05) is 0 Å². The van der Waals surface area contributed by atoms with Gasteiger partial charge < -0.3 is 14.8 Å². The molecule has 0 saturated heterocycles. The molecule has 1 aromatic heterocycles. The molecule has 7 heteroatoms. The van der Waals surface area contributed by atoms with Crippen molar-refractivity contribution in [3.05, 3.63) is 52.3 Å². The largest absolute Gasteiger partial charge is 0.478 e. The highest BCUT2D eigenvalue weighted by Crippen LogP contribution is 2.27. The summed E-state index contributed by atoms with van der Waals surface area (Å²) in [5.74, 6) is -0.908. The third-order valence-electron chi connectivity index (χ3n) is 3.75. The highest BCUT2D eigenvalue weighted by Gasteiger charge is 2.14. The summed E-state index contributed by atoms with van der Waals surface area (Å²) >= 11 is 5.86. The maximum Gasteiger partial charge on any atom is 0.337 e. The molecule has 1 aromatic carbocycles. The van der Waals surface area contributed by atoms with Crippen molar-refractivity contribution in [3.63, 3.8) is 0 Å². The lowest BCUT2D eigenvalue weighted by molar-refractivity contribution is -0.117. The SMILES string of the molecule is CC[C@@H](C)NC(=O)/C(C#N)=C/c1ccc(-c2ccc(Cl)c(C(=O)O)c2)o1. The second kappa shape index (κ2) is 8.37. The molecule has 0 saturated carbocycles. The van der Waals surface area contributed by atoms with Crippen LogP contribution in [0.25, 0.3) is 17.4 Å². The van der Waals surface area contributed by atoms with Gasteiger partial charge in [0.2, 0.25) is 0 Å². The van der Waals surface area contributed by atoms with Crippen LogP contribution in [0.15, 0.2) is 40.3 Å². The number of carbonyl (C=O) groups excluding carboxylic acids is 1. The average Bonchev–Trinajstić information content (AvgIpc) is 3.08. The lowest BCUT2D eigenvalue weighted by Crippen LogP contribution is -2.32. The molecule has 0 aliphatic heterocycles. The summed E-state index contributed by atoms with van der Waals surface area (Å²) in [6.07, 6.45) is 2.09. The highest BCUT2D eigenvalue weighted by atomic mass is 35.5. The van der Waals surface area contributed by atoms with Gasteiger partial charge in [0.25, 0.3) is 5.91 Å². The summed E-state index contributed by atoms with van der Waals surface area (Å²) in [5.41, 5.74) is 0.408. The Morgan fingerprint density at radius 3 is 2.73 bits per heavy atom. The number of rotatable bonds is 6. The number of nitriles is 1. The molecule has 26 heavy (non-hydrogen) atoms. The molecule has 134 valence electrons. The lowest BCUT2D eigenvalue weighted by Gasteiger charge is -2.09. The van der Waals surface area contributed by atoms with Crippen LogP contribution in [-0.4, -0.2) is 23.0 Å². The minimum atomic E-state index is -1.14. The predicted molar refractivity (Wildman–Crippen MR) is 97.6 cm³/mol. The first kappa shape index (κ1) is 19.3. The molecule has 1 amide bonds. The number of furan rings is 1. The zero-order valence-corrected chi connectivity index (χ0v) is 15.0. The first-order valence-corrected chi connectivity index (χ1v) is 8.29. The standard InChI is InChI=1S/C19H17ClN2O4/c1-3-11(2)22-18(23)13(10-21)8-14-5-7-17(26-14)12-4-6-16(20)15(9-12)19(24)25/h4-9,11H,3H2,1-2H3,(H,22,23)(H,24,25)/b13-8+/t11-/m1/s1. The molecule has 6 nitrogen and oxygen atoms in total. The van der Waals surface area contributed by atoms with Gasteiger partial charge in [-0.1, -0.05) is 18.5 Å². The van der Waals surface area contributed by atoms with E-state index in [4.69, 9.17) is 21.1 Å². The molecule has 0 aliphatic carbocycles. The van der Waals surface area contributed by atoms with Gasteiger partial charge in [0.1, 0.15) is 23.2 Å². The first-order valence-electron chi connectivity index (χ1n) is 7.91. The van der Waals surface area contributed by atoms with E-state index in [9.17, 15) is 14.9 Å². The van der Waals surface area contributed by atoms with Gasteiger partial charge in [0.15, 0.2) is 0 Å². The Morgan fingerprint density at radius 1 is 1.38 bits per heavy atom. The van der Waals surface area contributed by atoms with Gasteiger partial charge in [-0.3, -0.25) is 4.79 Å². The van der Waals surface area contributed by atoms with Crippen molar-refractivity contribution in [3.8, 4) is 17.4 Å². The molecule has 0 radical (unpaired) electrons. The molecule has 2 aromatic rings. The third-order valence-corrected chi connectivity index (χ3v) is 4.08. The van der Waals surface area contributed by atoms with Crippen LogP contribution in [0.2, 0.25) is 5.02 Å². The minimum Gasteiger partial charge on any atom is -0.478 e. The number of hydrogen-bond acceptors (Lipinski definition) is 4. The smallest absolute Gasteiger partial charge is 0.337 e. The van der Waals surface area contributed by atoms with Crippen molar-refractivity contribution in [1.29, 1.82) is 5.26 Å². The molecule has 2 rings (SSSR count). The van der Waals surface area contributed by atoms with E-state index < -0.39 is 11.9 Å². The van der Waals surface area contributed by atoms with Crippen LogP contribution in [0.3, 0.4) is 0 Å². The zero-order valence-electron chi connectivity index (χ0n) is 14.2. The van der Waals surface area contributed by atoms with Gasteiger partial charge in [0.05, 0.1) is 10.6 Å². The fourth-order valence-corrected chi connectivity index (χ4v) is 2.32. The first-order chi connectivity index (χ1) is 12.3. The van der Waals surface area contributed by atoms with E-state index in [0.717, 1.165) is 6.42 Å². The van der Waals surface area contributed by atoms with E-state index in [2.05, 4.69) is 5.32 Å². The normalized spacial score (nSPS) is 12.3. The number of carboxylic acids is 1. The number of hydrogen-bond donors (Lipinski definition) is 2. The predicted octanol–water partition coefficient (Wildman–Crippen LogP) is 4.12. The van der Waals surface area contributed by atoms with Crippen molar-refractivity contribution in [2.45, 2.75) is 26.3 Å². The molecule has 1 heterocycles. The van der Waals surface area contributed by atoms with E-state index >= 15 is 0 Å². The minimum absolute atomic E-state index is 0.0386. The van der Waals surface area contributed by atoms with Crippen molar-refractivity contribution >= 4 is 29.6 Å². The zero-order chi connectivity index (χ0) is 19.3. The van der Waals surface area contributed by atoms with E-state index in [1.807, 2.05) is 19.9 Å². The Hall–Kier alpha value is -3.04. The van der Waals surface area contributed by atoms with Crippen molar-refractivity contribution in [1.82, 2.24) is 5.32 Å². The quantitative estimate of drug-likeness (QED) is 0.586. The van der Waals surface area contributed by atoms with Crippen LogP contribution in [0.1, 0.15) is 36.4 Å². The molecule has 0 bridgehead atoms. The van der Waals surface area contributed by atoms with Gasteiger partial charge in [-0.2, -0.15) is 5.26 Å². The summed E-state index contributed by atoms with van der Waals surface area (Å²) in [6.45, 7) is 3.77. The van der Waals surface area contributed by atoms with Crippen LogP contribution in [0.4, 0.5) is 0 Å². The van der Waals surface area contributed by atoms with Crippen LogP contribution < -0.4 is 5.32 Å². The number of aromatic carboxylic acids is 1. The fraction of sp³-hybridized carbons (Fsp3) is 0.211. The number of benzene rings is 1. The number of nitrogens with one attached hydrogen (secondary N) is 1. The van der Waals surface area contributed by atoms with E-state index in [1.54, 1.807) is 18.2 Å². The summed E-state index contributed by atoms with van der Waals surface area (Å²) in [6, 6.07) is 9.53. The van der Waals surface area contributed by atoms with Crippen LogP contribution in [0.5, 0.6) is 0 Å². The third kappa shape index (κ3) is 4.52. The van der Waals surface area contributed by atoms with Crippen molar-refractivity contribution < 1.29 is 19.1 Å². The Morgan fingerprint density at radius 2 is 2.12 bits per heavy atom. The molecular formula is C19H17ClN2O4. The molecule has 0 unspecified atom stereocenters. The number of halogens is 1. The summed E-state index contributed by atoms with van der Waals surface area (Å²) in [5, 5.41) is 21.2. The molecular weight excluding hydrogens is 356 g/mol. The van der Waals surface area contributed by atoms with Gasteiger partial charge in [-0.05, 0) is 43.7 Å². The fourth-order valence-electron chi connectivity index (χ4n) is 2.12. The summed E-state index contributed by atoms with van der Waals surface area (Å²) < 4.78 is 5.61. The van der Waals surface area contributed by atoms with Crippen LogP contribution >= 0.6 is 11.6 Å². The number of amides is 1. The van der Waals surface area contributed by atoms with Crippen molar-refractivity contribution in [2.24, 2.45) is 0 Å². The molecule has 0 spiro atoms. The van der Waals surface area contributed by atoms with Crippen LogP contribution in [0, 0.1) is 11.3 Å². The Labute approximate surface area is 155 Å². The topological polar surface area (TPSA) is 103 Å². The molecule has 0 aliphatic rings. The van der Waals surface area contributed by atoms with Crippen LogP contribution in [-0.2, 0) is 4.79 Å². The van der Waals surface area contributed by atoms with E-state index in [-0.39, 0.29) is 22.2 Å². The highest BCUT2D eigenvalue weighted by molar-refractivity contribution is 6.33. The molecule has 2 N–H and O–H groups in total. The monoisotopic (exact) mass is 372 g/mol. The number of carbonyl (C=O) groups is 2. The number of carboxylic acid groups (broad SMARTS) is 1. The van der Waals surface area contributed by atoms with E-state index in [0.29, 0.717) is 17.1 Å². The van der Waals surface area contributed by atoms with Gasteiger partial charge in [-0.15, -0.1) is 0 Å². The van der Waals surface area contributed by atoms with Gasteiger partial charge in [0, 0.05) is 17.7 Å². The lowest BCUT2D eigenvalue weighted by atomic mass is 10.1. The molecule has 1 atom stereocenters. The number of nitrogens with zero attached hydrogens (tertiary/aromatic N) is 1. The summed E-state index contributed by atoms with van der Waals surface area (Å²) in [4.78, 5) is 23.2. The summed E-state index contributed by atoms with van der Waals surface area (Å²) in [7, 11) is 0. The van der Waals surface area contributed by atoms with E-state index in [1.165, 1.54) is 18.2 Å². The Balaban J connectivity index is 2.29. The average molecular weight is 373 g/mol. The van der Waals surface area contributed by atoms with Gasteiger partial charge >= 0.3 is 5.97 Å². The molecule has 0 fully saturated rings. The maximum atomic E-state index is 12.1. The Kier molecular flexibility index (Phi) is 6.21.